The van der Waals surface area contributed by atoms with E-state index in [4.69, 9.17) is 4.74 Å². The fourth-order valence-electron chi connectivity index (χ4n) is 4.56. The Morgan fingerprint density at radius 2 is 2.08 bits per heavy atom. The normalized spacial score (nSPS) is 28.5. The fraction of sp³-hybridized carbons (Fsp3) is 0.650. The van der Waals surface area contributed by atoms with Crippen LogP contribution in [0.3, 0.4) is 0 Å². The third-order valence-electron chi connectivity index (χ3n) is 6.55. The van der Waals surface area contributed by atoms with Gasteiger partial charge in [0, 0.05) is 32.2 Å². The highest BCUT2D eigenvalue weighted by molar-refractivity contribution is 5.74. The van der Waals surface area contributed by atoms with E-state index in [1.807, 2.05) is 0 Å². The molecule has 130 valence electrons. The monoisotopic (exact) mass is 328 g/mol. The maximum absolute atomic E-state index is 12.1. The summed E-state index contributed by atoms with van der Waals surface area (Å²) in [5, 5.41) is 6.17. The Morgan fingerprint density at radius 3 is 2.88 bits per heavy atom. The smallest absolute Gasteiger partial charge is 0.314 e. The maximum Gasteiger partial charge on any atom is 0.314 e. The van der Waals surface area contributed by atoms with Gasteiger partial charge in [0.2, 0.25) is 0 Å². The van der Waals surface area contributed by atoms with Crippen molar-refractivity contribution in [3.63, 3.8) is 0 Å². The van der Waals surface area contributed by atoms with E-state index in [-0.39, 0.29) is 6.03 Å². The Kier molecular flexibility index (Phi) is 4.03. The second kappa shape index (κ2) is 6.07. The summed E-state index contributed by atoms with van der Waals surface area (Å²) < 4.78 is 5.17. The van der Waals surface area contributed by atoms with E-state index in [2.05, 4.69) is 34.9 Å². The lowest BCUT2D eigenvalue weighted by Crippen LogP contribution is -2.40. The van der Waals surface area contributed by atoms with Gasteiger partial charge in [-0.15, -0.1) is 0 Å². The molecule has 0 bridgehead atoms. The van der Waals surface area contributed by atoms with Gasteiger partial charge in [-0.1, -0.05) is 24.3 Å². The molecule has 3 aliphatic carbocycles. The van der Waals surface area contributed by atoms with E-state index >= 15 is 0 Å². The second-order valence-electron chi connectivity index (χ2n) is 8.02. The van der Waals surface area contributed by atoms with E-state index in [9.17, 15) is 4.79 Å². The van der Waals surface area contributed by atoms with Gasteiger partial charge >= 0.3 is 6.03 Å². The Balaban J connectivity index is 1.22. The third-order valence-corrected chi connectivity index (χ3v) is 6.55. The van der Waals surface area contributed by atoms with Crippen LogP contribution in [0.25, 0.3) is 0 Å². The maximum atomic E-state index is 12.1. The number of rotatable bonds is 7. The number of fused-ring (bicyclic) bond motifs is 2. The highest BCUT2D eigenvalue weighted by Gasteiger charge is 2.57. The van der Waals surface area contributed by atoms with Crippen molar-refractivity contribution in [2.75, 3.05) is 26.8 Å². The van der Waals surface area contributed by atoms with E-state index in [1.165, 1.54) is 43.2 Å². The molecule has 4 heteroatoms. The van der Waals surface area contributed by atoms with Crippen LogP contribution in [-0.4, -0.2) is 32.8 Å². The van der Waals surface area contributed by atoms with Gasteiger partial charge in [0.25, 0.3) is 0 Å². The number of ether oxygens (including phenoxy) is 1. The van der Waals surface area contributed by atoms with Crippen LogP contribution in [0.1, 0.15) is 43.2 Å². The zero-order chi connectivity index (χ0) is 16.6. The molecule has 0 saturated heterocycles. The second-order valence-corrected chi connectivity index (χ2v) is 8.02. The molecule has 1 aromatic rings. The number of hydrogen-bond donors (Lipinski definition) is 2. The van der Waals surface area contributed by atoms with Gasteiger partial charge in [-0.2, -0.15) is 0 Å². The summed E-state index contributed by atoms with van der Waals surface area (Å²) in [4.78, 5) is 12.1. The van der Waals surface area contributed by atoms with Crippen LogP contribution < -0.4 is 10.6 Å². The summed E-state index contributed by atoms with van der Waals surface area (Å²) in [6, 6.07) is 8.82. The molecule has 2 N–H and O–H groups in total. The zero-order valence-corrected chi connectivity index (χ0v) is 14.6. The van der Waals surface area contributed by atoms with E-state index in [0.29, 0.717) is 16.7 Å². The first-order valence-electron chi connectivity index (χ1n) is 9.27. The molecule has 2 saturated carbocycles. The summed E-state index contributed by atoms with van der Waals surface area (Å²) >= 11 is 0. The number of aryl methyl sites for hydroxylation is 1. The van der Waals surface area contributed by atoms with Crippen molar-refractivity contribution in [1.29, 1.82) is 0 Å². The topological polar surface area (TPSA) is 50.4 Å². The van der Waals surface area contributed by atoms with Crippen molar-refractivity contribution in [2.45, 2.75) is 43.9 Å². The quantitative estimate of drug-likeness (QED) is 0.808. The SMILES string of the molecule is COCCC1(CNC(=O)NCC2CC23CCc2ccccc23)CC1. The molecular weight excluding hydrogens is 300 g/mol. The lowest BCUT2D eigenvalue weighted by Gasteiger charge is -2.16. The number of methoxy groups -OCH3 is 1. The van der Waals surface area contributed by atoms with Gasteiger partial charge in [-0.3, -0.25) is 0 Å². The predicted molar refractivity (Wildman–Crippen MR) is 94.1 cm³/mol. The van der Waals surface area contributed by atoms with Crippen molar-refractivity contribution >= 4 is 6.03 Å². The number of hydrogen-bond acceptors (Lipinski definition) is 2. The minimum Gasteiger partial charge on any atom is -0.385 e. The molecule has 2 atom stereocenters. The van der Waals surface area contributed by atoms with Crippen molar-refractivity contribution in [1.82, 2.24) is 10.6 Å². The molecule has 4 rings (SSSR count). The molecule has 2 amide bonds. The molecule has 24 heavy (non-hydrogen) atoms. The molecule has 1 spiro atoms. The van der Waals surface area contributed by atoms with Crippen LogP contribution in [0.4, 0.5) is 4.79 Å². The van der Waals surface area contributed by atoms with E-state index < -0.39 is 0 Å². The first-order chi connectivity index (χ1) is 11.7. The number of nitrogens with one attached hydrogen (secondary N) is 2. The van der Waals surface area contributed by atoms with Crippen molar-refractivity contribution in [3.8, 4) is 0 Å². The zero-order valence-electron chi connectivity index (χ0n) is 14.6. The predicted octanol–water partition coefficient (Wildman–Crippen LogP) is 3.01. The average Bonchev–Trinajstić information content (AvgIpc) is 3.49. The third kappa shape index (κ3) is 2.92. The number of benzene rings is 1. The summed E-state index contributed by atoms with van der Waals surface area (Å²) in [6.45, 7) is 2.36. The minimum atomic E-state index is -0.00739. The van der Waals surface area contributed by atoms with Crippen LogP contribution in [0.2, 0.25) is 0 Å². The van der Waals surface area contributed by atoms with E-state index in [0.717, 1.165) is 26.1 Å². The summed E-state index contributed by atoms with van der Waals surface area (Å²) in [5.41, 5.74) is 3.71. The van der Waals surface area contributed by atoms with Gasteiger partial charge in [0.05, 0.1) is 0 Å². The molecular formula is C20H28N2O2. The van der Waals surface area contributed by atoms with Crippen LogP contribution in [0.5, 0.6) is 0 Å². The summed E-state index contributed by atoms with van der Waals surface area (Å²) in [7, 11) is 1.74. The lowest BCUT2D eigenvalue weighted by atomic mass is 9.95. The van der Waals surface area contributed by atoms with Gasteiger partial charge in [-0.05, 0) is 61.0 Å². The summed E-state index contributed by atoms with van der Waals surface area (Å²) in [6.07, 6.45) is 7.13. The Hall–Kier alpha value is -1.55. The van der Waals surface area contributed by atoms with Crippen LogP contribution in [-0.2, 0) is 16.6 Å². The van der Waals surface area contributed by atoms with E-state index in [1.54, 1.807) is 7.11 Å². The number of carbonyl (C=O) groups excluding carboxylic acids is 1. The standard InChI is InChI=1S/C20H28N2O2/c1-24-11-10-19(8-9-19)14-22-18(23)21-13-16-12-20(16)7-6-15-4-2-3-5-17(15)20/h2-5,16H,6-14H2,1H3,(H2,21,22,23). The molecule has 0 radical (unpaired) electrons. The Morgan fingerprint density at radius 1 is 1.25 bits per heavy atom. The van der Waals surface area contributed by atoms with Crippen molar-refractivity contribution < 1.29 is 9.53 Å². The highest BCUT2D eigenvalue weighted by Crippen LogP contribution is 2.61. The summed E-state index contributed by atoms with van der Waals surface area (Å²) in [5.74, 6) is 0.607. The van der Waals surface area contributed by atoms with Gasteiger partial charge in [0.1, 0.15) is 0 Å². The molecule has 4 nitrogen and oxygen atoms in total. The van der Waals surface area contributed by atoms with Crippen LogP contribution >= 0.6 is 0 Å². The molecule has 0 aliphatic heterocycles. The number of urea groups is 1. The van der Waals surface area contributed by atoms with Crippen LogP contribution in [0, 0.1) is 11.3 Å². The lowest BCUT2D eigenvalue weighted by molar-refractivity contribution is 0.171. The molecule has 0 heterocycles. The van der Waals surface area contributed by atoms with Gasteiger partial charge in [-0.25, -0.2) is 4.79 Å². The first-order valence-corrected chi connectivity index (χ1v) is 9.27. The van der Waals surface area contributed by atoms with Crippen molar-refractivity contribution in [2.24, 2.45) is 11.3 Å². The van der Waals surface area contributed by atoms with Crippen LogP contribution in [0.15, 0.2) is 24.3 Å². The van der Waals surface area contributed by atoms with Gasteiger partial charge in [0.15, 0.2) is 0 Å². The fourth-order valence-corrected chi connectivity index (χ4v) is 4.56. The first kappa shape index (κ1) is 15.9. The van der Waals surface area contributed by atoms with Crippen molar-refractivity contribution in [3.05, 3.63) is 35.4 Å². The average molecular weight is 328 g/mol. The molecule has 3 aliphatic rings. The Bertz CT molecular complexity index is 626. The highest BCUT2D eigenvalue weighted by atomic mass is 16.5. The molecule has 2 unspecified atom stereocenters. The number of amides is 2. The molecule has 2 fully saturated rings. The minimum absolute atomic E-state index is 0.00739. The molecule has 0 aromatic heterocycles. The number of carbonyl (C=O) groups is 1. The van der Waals surface area contributed by atoms with Gasteiger partial charge < -0.3 is 15.4 Å². The molecule has 1 aromatic carbocycles. The largest absolute Gasteiger partial charge is 0.385 e. The Labute approximate surface area is 144 Å².